The molecule has 0 aromatic carbocycles. The largest absolute Gasteiger partial charge is 0.478 e. The second kappa shape index (κ2) is 2.42. The van der Waals surface area contributed by atoms with Crippen molar-refractivity contribution in [1.29, 1.82) is 0 Å². The average molecular weight is 142 g/mol. The van der Waals surface area contributed by atoms with Gasteiger partial charge in [-0.3, -0.25) is 0 Å². The zero-order valence-electron chi connectivity index (χ0n) is 5.83. The summed E-state index contributed by atoms with van der Waals surface area (Å²) in [5, 5.41) is 8.42. The molecule has 0 aromatic heterocycles. The minimum absolute atomic E-state index is 0.165. The first-order valence-electron chi connectivity index (χ1n) is 3.19. The zero-order chi connectivity index (χ0) is 7.72. The Kier molecular flexibility index (Phi) is 1.76. The third-order valence-corrected chi connectivity index (χ3v) is 1.61. The number of carbonyl (C=O) groups is 1. The van der Waals surface area contributed by atoms with Crippen LogP contribution in [0.15, 0.2) is 12.2 Å². The molecule has 0 aromatic rings. The Morgan fingerprint density at radius 3 is 2.60 bits per heavy atom. The second-order valence-corrected chi connectivity index (χ2v) is 2.50. The maximum atomic E-state index is 10.3. The molecule has 1 N–H and O–H groups in total. The van der Waals surface area contributed by atoms with E-state index in [9.17, 15) is 4.79 Å². The van der Waals surface area contributed by atoms with Gasteiger partial charge in [-0.05, 0) is 6.92 Å². The Morgan fingerprint density at radius 1 is 1.80 bits per heavy atom. The van der Waals surface area contributed by atoms with Crippen LogP contribution in [-0.2, 0) is 9.53 Å². The van der Waals surface area contributed by atoms with Crippen LogP contribution in [0, 0.1) is 0 Å². The fraction of sp³-hybridized carbons (Fsp3) is 0.571. The number of ether oxygens (including phenoxy) is 1. The van der Waals surface area contributed by atoms with Crippen molar-refractivity contribution < 1.29 is 14.6 Å². The topological polar surface area (TPSA) is 46.5 Å². The molecule has 0 spiro atoms. The van der Waals surface area contributed by atoms with Crippen molar-refractivity contribution in [3.8, 4) is 0 Å². The Labute approximate surface area is 59.3 Å². The fourth-order valence-electron chi connectivity index (χ4n) is 0.933. The molecule has 1 saturated heterocycles. The monoisotopic (exact) mass is 142 g/mol. The molecule has 1 rings (SSSR count). The van der Waals surface area contributed by atoms with E-state index in [-0.39, 0.29) is 17.8 Å². The molecule has 0 aliphatic carbocycles. The minimum atomic E-state index is -0.961. The molecule has 10 heavy (non-hydrogen) atoms. The van der Waals surface area contributed by atoms with Gasteiger partial charge in [0, 0.05) is 6.42 Å². The second-order valence-electron chi connectivity index (χ2n) is 2.50. The van der Waals surface area contributed by atoms with Crippen LogP contribution < -0.4 is 0 Å². The molecule has 0 amide bonds. The lowest BCUT2D eigenvalue weighted by atomic mass is 10.00. The molecule has 0 bridgehead atoms. The Bertz CT molecular complexity index is 168. The third kappa shape index (κ3) is 1.19. The summed E-state index contributed by atoms with van der Waals surface area (Å²) in [6.45, 7) is 5.29. The fourth-order valence-corrected chi connectivity index (χ4v) is 0.933. The maximum absolute atomic E-state index is 10.3. The van der Waals surface area contributed by atoms with Gasteiger partial charge in [-0.15, -0.1) is 0 Å². The summed E-state index contributed by atoms with van der Waals surface area (Å²) in [6, 6.07) is 0. The smallest absolute Gasteiger partial charge is 0.333 e. The molecule has 3 nitrogen and oxygen atoms in total. The third-order valence-electron chi connectivity index (χ3n) is 1.61. The van der Waals surface area contributed by atoms with Crippen molar-refractivity contribution in [2.45, 2.75) is 25.6 Å². The molecule has 1 aliphatic heterocycles. The zero-order valence-corrected chi connectivity index (χ0v) is 5.83. The highest BCUT2D eigenvalue weighted by Gasteiger charge is 2.31. The molecule has 1 fully saturated rings. The van der Waals surface area contributed by atoms with E-state index in [2.05, 4.69) is 6.58 Å². The summed E-state index contributed by atoms with van der Waals surface area (Å²) < 4.78 is 5.08. The van der Waals surface area contributed by atoms with Gasteiger partial charge in [0.15, 0.2) is 0 Å². The predicted octanol–water partition coefficient (Wildman–Crippen LogP) is 0.805. The van der Waals surface area contributed by atoms with Crippen LogP contribution in [0.5, 0.6) is 0 Å². The maximum Gasteiger partial charge on any atom is 0.333 e. The van der Waals surface area contributed by atoms with E-state index in [1.807, 2.05) is 6.92 Å². The van der Waals surface area contributed by atoms with Gasteiger partial charge in [0.2, 0.25) is 0 Å². The number of carboxylic acid groups (broad SMARTS) is 1. The number of aliphatic carboxylic acids is 1. The van der Waals surface area contributed by atoms with Gasteiger partial charge in [0.1, 0.15) is 0 Å². The van der Waals surface area contributed by atoms with Crippen LogP contribution in [0.25, 0.3) is 0 Å². The number of rotatable bonds is 2. The Morgan fingerprint density at radius 2 is 2.30 bits per heavy atom. The summed E-state index contributed by atoms with van der Waals surface area (Å²) in [5.41, 5.74) is 0.165. The first-order chi connectivity index (χ1) is 4.61. The van der Waals surface area contributed by atoms with Gasteiger partial charge >= 0.3 is 5.97 Å². The molecule has 0 radical (unpaired) electrons. The van der Waals surface area contributed by atoms with Crippen molar-refractivity contribution in [2.24, 2.45) is 0 Å². The molecular weight excluding hydrogens is 132 g/mol. The van der Waals surface area contributed by atoms with Crippen LogP contribution in [0.1, 0.15) is 13.3 Å². The highest BCUT2D eigenvalue weighted by Crippen LogP contribution is 2.25. The van der Waals surface area contributed by atoms with Crippen LogP contribution in [-0.4, -0.2) is 23.3 Å². The van der Waals surface area contributed by atoms with E-state index in [0.717, 1.165) is 6.42 Å². The Hall–Kier alpha value is -0.830. The number of hydrogen-bond donors (Lipinski definition) is 1. The lowest BCUT2D eigenvalue weighted by Gasteiger charge is -2.33. The molecular formula is C7H10O3. The van der Waals surface area contributed by atoms with Gasteiger partial charge in [-0.2, -0.15) is 0 Å². The van der Waals surface area contributed by atoms with Crippen molar-refractivity contribution >= 4 is 5.97 Å². The molecule has 1 aliphatic rings. The summed E-state index contributed by atoms with van der Waals surface area (Å²) in [4.78, 5) is 10.3. The van der Waals surface area contributed by atoms with E-state index in [1.165, 1.54) is 0 Å². The predicted molar refractivity (Wildman–Crippen MR) is 35.7 cm³/mol. The van der Waals surface area contributed by atoms with E-state index < -0.39 is 5.97 Å². The molecule has 1 heterocycles. The molecule has 56 valence electrons. The highest BCUT2D eigenvalue weighted by molar-refractivity contribution is 5.87. The van der Waals surface area contributed by atoms with Crippen LogP contribution >= 0.6 is 0 Å². The summed E-state index contributed by atoms with van der Waals surface area (Å²) in [5.74, 6) is -0.961. The van der Waals surface area contributed by atoms with E-state index in [1.54, 1.807) is 0 Å². The normalized spacial score (nSPS) is 30.9. The van der Waals surface area contributed by atoms with Gasteiger partial charge in [0.05, 0.1) is 17.8 Å². The molecule has 2 atom stereocenters. The van der Waals surface area contributed by atoms with Crippen LogP contribution in [0.2, 0.25) is 0 Å². The number of hydrogen-bond acceptors (Lipinski definition) is 2. The lowest BCUT2D eigenvalue weighted by molar-refractivity contribution is -0.140. The van der Waals surface area contributed by atoms with Crippen molar-refractivity contribution in [3.05, 3.63) is 12.2 Å². The minimum Gasteiger partial charge on any atom is -0.478 e. The van der Waals surface area contributed by atoms with Crippen molar-refractivity contribution in [1.82, 2.24) is 0 Å². The van der Waals surface area contributed by atoms with Gasteiger partial charge < -0.3 is 9.84 Å². The standard InChI is InChI=1S/C7H10O3/c1-4-3-6(10-4)5(2)7(8)9/h4,6H,2-3H2,1H3,(H,8,9). The highest BCUT2D eigenvalue weighted by atomic mass is 16.5. The first kappa shape index (κ1) is 7.28. The Balaban J connectivity index is 2.38. The summed E-state index contributed by atoms with van der Waals surface area (Å²) >= 11 is 0. The van der Waals surface area contributed by atoms with E-state index in [4.69, 9.17) is 9.84 Å². The van der Waals surface area contributed by atoms with Crippen molar-refractivity contribution in [3.63, 3.8) is 0 Å². The van der Waals surface area contributed by atoms with Gasteiger partial charge in [0.25, 0.3) is 0 Å². The van der Waals surface area contributed by atoms with Gasteiger partial charge in [-0.25, -0.2) is 4.79 Å². The molecule has 0 saturated carbocycles. The summed E-state index contributed by atoms with van der Waals surface area (Å²) in [7, 11) is 0. The lowest BCUT2D eigenvalue weighted by Crippen LogP contribution is -2.38. The SMILES string of the molecule is C=C(C(=O)O)C1CC(C)O1. The van der Waals surface area contributed by atoms with Gasteiger partial charge in [-0.1, -0.05) is 6.58 Å². The average Bonchev–Trinajstić information content (AvgIpc) is 1.79. The first-order valence-corrected chi connectivity index (χ1v) is 3.19. The quantitative estimate of drug-likeness (QED) is 0.580. The summed E-state index contributed by atoms with van der Waals surface area (Å²) in [6.07, 6.45) is 0.735. The van der Waals surface area contributed by atoms with Crippen LogP contribution in [0.3, 0.4) is 0 Å². The molecule has 2 unspecified atom stereocenters. The van der Waals surface area contributed by atoms with E-state index in [0.29, 0.717) is 0 Å². The van der Waals surface area contributed by atoms with Crippen molar-refractivity contribution in [2.75, 3.05) is 0 Å². The number of carboxylic acids is 1. The van der Waals surface area contributed by atoms with Crippen LogP contribution in [0.4, 0.5) is 0 Å². The molecule has 3 heteroatoms. The van der Waals surface area contributed by atoms with E-state index >= 15 is 0 Å².